The SMILES string of the molecule is O=C(c1cn2ccncc2n1)N1CCCCCC1. The first-order valence-corrected chi connectivity index (χ1v) is 6.42. The van der Waals surface area contributed by atoms with Crippen LogP contribution >= 0.6 is 0 Å². The van der Waals surface area contributed by atoms with Gasteiger partial charge in [0.15, 0.2) is 5.65 Å². The van der Waals surface area contributed by atoms with Gasteiger partial charge in [-0.2, -0.15) is 0 Å². The molecule has 3 rings (SSSR count). The van der Waals surface area contributed by atoms with Crippen LogP contribution in [0.15, 0.2) is 24.8 Å². The van der Waals surface area contributed by atoms with Crippen molar-refractivity contribution in [2.75, 3.05) is 13.1 Å². The first kappa shape index (κ1) is 11.2. The fourth-order valence-corrected chi connectivity index (χ4v) is 2.38. The van der Waals surface area contributed by atoms with E-state index in [1.807, 2.05) is 15.5 Å². The maximum absolute atomic E-state index is 12.4. The zero-order valence-electron chi connectivity index (χ0n) is 10.2. The molecule has 0 unspecified atom stereocenters. The molecule has 0 N–H and O–H groups in total. The van der Waals surface area contributed by atoms with Crippen molar-refractivity contribution in [1.29, 1.82) is 0 Å². The standard InChI is InChI=1S/C13H16N4O/c18-13(16-6-3-1-2-4-7-16)11-10-17-8-5-14-9-12(17)15-11/h5,8-10H,1-4,6-7H2. The van der Waals surface area contributed by atoms with E-state index in [1.54, 1.807) is 18.6 Å². The number of likely N-dealkylation sites (tertiary alicyclic amines) is 1. The van der Waals surface area contributed by atoms with Crippen molar-refractivity contribution in [3.63, 3.8) is 0 Å². The van der Waals surface area contributed by atoms with E-state index >= 15 is 0 Å². The van der Waals surface area contributed by atoms with Crippen LogP contribution in [0, 0.1) is 0 Å². The third-order valence-corrected chi connectivity index (χ3v) is 3.38. The largest absolute Gasteiger partial charge is 0.337 e. The van der Waals surface area contributed by atoms with Gasteiger partial charge < -0.3 is 9.30 Å². The van der Waals surface area contributed by atoms with Crippen LogP contribution in [0.3, 0.4) is 0 Å². The Bertz CT molecular complexity index is 522. The lowest BCUT2D eigenvalue weighted by atomic mass is 10.2. The van der Waals surface area contributed by atoms with Crippen LogP contribution in [-0.4, -0.2) is 38.3 Å². The molecule has 0 atom stereocenters. The summed E-state index contributed by atoms with van der Waals surface area (Å²) in [6.45, 7) is 1.70. The smallest absolute Gasteiger partial charge is 0.274 e. The van der Waals surface area contributed by atoms with Gasteiger partial charge in [-0.25, -0.2) is 4.98 Å². The summed E-state index contributed by atoms with van der Waals surface area (Å²) in [5.74, 6) is 0.0422. The van der Waals surface area contributed by atoms with Crippen LogP contribution in [0.2, 0.25) is 0 Å². The molecule has 2 aromatic rings. The average molecular weight is 244 g/mol. The number of carbonyl (C=O) groups excluding carboxylic acids is 1. The van der Waals surface area contributed by atoms with E-state index in [9.17, 15) is 4.79 Å². The van der Waals surface area contributed by atoms with Gasteiger partial charge in [-0.3, -0.25) is 9.78 Å². The normalized spacial score (nSPS) is 16.8. The highest BCUT2D eigenvalue weighted by Gasteiger charge is 2.19. The number of fused-ring (bicyclic) bond motifs is 1. The van der Waals surface area contributed by atoms with Gasteiger partial charge in [-0.15, -0.1) is 0 Å². The number of hydrogen-bond acceptors (Lipinski definition) is 3. The summed E-state index contributed by atoms with van der Waals surface area (Å²) in [5.41, 5.74) is 1.24. The molecule has 2 aromatic heterocycles. The Morgan fingerprint density at radius 3 is 2.67 bits per heavy atom. The summed E-state index contributed by atoms with van der Waals surface area (Å²) in [6, 6.07) is 0. The minimum absolute atomic E-state index is 0.0422. The van der Waals surface area contributed by atoms with E-state index < -0.39 is 0 Å². The van der Waals surface area contributed by atoms with Gasteiger partial charge >= 0.3 is 0 Å². The van der Waals surface area contributed by atoms with Crippen LogP contribution in [0.5, 0.6) is 0 Å². The van der Waals surface area contributed by atoms with Crippen molar-refractivity contribution in [3.8, 4) is 0 Å². The van der Waals surface area contributed by atoms with Crippen molar-refractivity contribution in [1.82, 2.24) is 19.3 Å². The molecule has 0 radical (unpaired) electrons. The summed E-state index contributed by atoms with van der Waals surface area (Å²) in [7, 11) is 0. The molecule has 5 nitrogen and oxygen atoms in total. The molecule has 3 heterocycles. The van der Waals surface area contributed by atoms with Crippen LogP contribution in [0.4, 0.5) is 0 Å². The van der Waals surface area contributed by atoms with Gasteiger partial charge in [0.25, 0.3) is 5.91 Å². The molecule has 1 saturated heterocycles. The van der Waals surface area contributed by atoms with E-state index in [0.29, 0.717) is 5.69 Å². The Kier molecular flexibility index (Phi) is 2.96. The van der Waals surface area contributed by atoms with E-state index in [2.05, 4.69) is 9.97 Å². The molecule has 1 aliphatic heterocycles. The number of amides is 1. The van der Waals surface area contributed by atoms with Crippen molar-refractivity contribution in [2.24, 2.45) is 0 Å². The molecule has 94 valence electrons. The molecule has 0 aromatic carbocycles. The Balaban J connectivity index is 1.86. The highest BCUT2D eigenvalue weighted by atomic mass is 16.2. The Hall–Kier alpha value is -1.91. The summed E-state index contributed by atoms with van der Waals surface area (Å²) in [4.78, 5) is 22.6. The second-order valence-electron chi connectivity index (χ2n) is 4.67. The quantitative estimate of drug-likeness (QED) is 0.768. The summed E-state index contributed by atoms with van der Waals surface area (Å²) >= 11 is 0. The Morgan fingerprint density at radius 2 is 1.94 bits per heavy atom. The maximum Gasteiger partial charge on any atom is 0.274 e. The predicted octanol–water partition coefficient (Wildman–Crippen LogP) is 1.75. The molecule has 0 bridgehead atoms. The van der Waals surface area contributed by atoms with E-state index in [1.165, 1.54) is 12.8 Å². The third-order valence-electron chi connectivity index (χ3n) is 3.38. The number of hydrogen-bond donors (Lipinski definition) is 0. The van der Waals surface area contributed by atoms with Crippen LogP contribution in [0.1, 0.15) is 36.2 Å². The molecule has 0 spiro atoms. The van der Waals surface area contributed by atoms with Crippen LogP contribution in [-0.2, 0) is 0 Å². The fourth-order valence-electron chi connectivity index (χ4n) is 2.38. The van der Waals surface area contributed by atoms with Gasteiger partial charge in [0.2, 0.25) is 0 Å². The summed E-state index contributed by atoms with van der Waals surface area (Å²) in [5, 5.41) is 0. The maximum atomic E-state index is 12.4. The lowest BCUT2D eigenvalue weighted by Crippen LogP contribution is -2.32. The predicted molar refractivity (Wildman–Crippen MR) is 67.4 cm³/mol. The molecule has 1 amide bonds. The van der Waals surface area contributed by atoms with Gasteiger partial charge in [-0.05, 0) is 12.8 Å². The van der Waals surface area contributed by atoms with Gasteiger partial charge in [0.05, 0.1) is 6.20 Å². The van der Waals surface area contributed by atoms with Gasteiger partial charge in [0.1, 0.15) is 5.69 Å². The lowest BCUT2D eigenvalue weighted by Gasteiger charge is -2.18. The van der Waals surface area contributed by atoms with Crippen molar-refractivity contribution >= 4 is 11.6 Å². The summed E-state index contributed by atoms with van der Waals surface area (Å²) in [6.07, 6.45) is 11.6. The molecule has 1 aliphatic rings. The molecule has 18 heavy (non-hydrogen) atoms. The molecule has 5 heteroatoms. The van der Waals surface area contributed by atoms with Crippen LogP contribution < -0.4 is 0 Å². The fraction of sp³-hybridized carbons (Fsp3) is 0.462. The average Bonchev–Trinajstić information content (AvgIpc) is 2.64. The van der Waals surface area contributed by atoms with E-state index in [-0.39, 0.29) is 5.91 Å². The zero-order valence-corrected chi connectivity index (χ0v) is 10.2. The van der Waals surface area contributed by atoms with Crippen molar-refractivity contribution < 1.29 is 4.79 Å². The van der Waals surface area contributed by atoms with Crippen LogP contribution in [0.25, 0.3) is 5.65 Å². The monoisotopic (exact) mass is 244 g/mol. The second-order valence-corrected chi connectivity index (χ2v) is 4.67. The lowest BCUT2D eigenvalue weighted by molar-refractivity contribution is 0.0756. The first-order chi connectivity index (χ1) is 8.84. The molecular formula is C13H16N4O. The topological polar surface area (TPSA) is 50.5 Å². The number of rotatable bonds is 1. The Morgan fingerprint density at radius 1 is 1.17 bits per heavy atom. The summed E-state index contributed by atoms with van der Waals surface area (Å²) < 4.78 is 1.83. The number of aromatic nitrogens is 3. The highest BCUT2D eigenvalue weighted by molar-refractivity contribution is 5.92. The molecule has 0 aliphatic carbocycles. The number of imidazole rings is 1. The van der Waals surface area contributed by atoms with Crippen molar-refractivity contribution in [3.05, 3.63) is 30.5 Å². The minimum Gasteiger partial charge on any atom is -0.337 e. The molecular weight excluding hydrogens is 228 g/mol. The zero-order chi connectivity index (χ0) is 12.4. The third kappa shape index (κ3) is 2.08. The minimum atomic E-state index is 0.0422. The highest BCUT2D eigenvalue weighted by Crippen LogP contribution is 2.13. The van der Waals surface area contributed by atoms with Gasteiger partial charge in [0, 0.05) is 31.7 Å². The number of carbonyl (C=O) groups is 1. The number of nitrogens with zero attached hydrogens (tertiary/aromatic N) is 4. The Labute approximate surface area is 105 Å². The molecule has 1 fully saturated rings. The van der Waals surface area contributed by atoms with Crippen molar-refractivity contribution in [2.45, 2.75) is 25.7 Å². The first-order valence-electron chi connectivity index (χ1n) is 6.42. The van der Waals surface area contributed by atoms with E-state index in [0.717, 1.165) is 31.6 Å². The van der Waals surface area contributed by atoms with Gasteiger partial charge in [-0.1, -0.05) is 12.8 Å². The second kappa shape index (κ2) is 4.76. The molecule has 0 saturated carbocycles. The van der Waals surface area contributed by atoms with E-state index in [4.69, 9.17) is 0 Å².